The molecule has 0 radical (unpaired) electrons. The smallest absolute Gasteiger partial charge is 0.0932 e. The molecule has 6 heteroatoms. The van der Waals surface area contributed by atoms with E-state index in [-0.39, 0.29) is 0 Å². The van der Waals surface area contributed by atoms with Crippen LogP contribution < -0.4 is 0 Å². The molecule has 1 aromatic rings. The quantitative estimate of drug-likeness (QED) is 0.767. The number of hydrogen-bond donors (Lipinski definition) is 0. The third-order valence-corrected chi connectivity index (χ3v) is 4.54. The predicted molar refractivity (Wildman–Crippen MR) is 71.7 cm³/mol. The Morgan fingerprint density at radius 2 is 2.50 bits per heavy atom. The zero-order valence-electron chi connectivity index (χ0n) is 10.8. The SMILES string of the molecule is CSCCCN1CC[C@H]2[C@H](C1)OCc1cnnn12. The van der Waals surface area contributed by atoms with E-state index in [4.69, 9.17) is 4.74 Å². The Labute approximate surface area is 112 Å². The van der Waals surface area contributed by atoms with Crippen LogP contribution in [-0.4, -0.2) is 57.6 Å². The van der Waals surface area contributed by atoms with Gasteiger partial charge in [0.05, 0.1) is 30.6 Å². The molecule has 1 aromatic heterocycles. The van der Waals surface area contributed by atoms with Crippen LogP contribution in [0.25, 0.3) is 0 Å². The highest BCUT2D eigenvalue weighted by Crippen LogP contribution is 2.30. The van der Waals surface area contributed by atoms with Gasteiger partial charge in [-0.3, -0.25) is 0 Å². The molecule has 0 N–H and O–H groups in total. The molecule has 2 aliphatic heterocycles. The van der Waals surface area contributed by atoms with E-state index in [1.54, 1.807) is 0 Å². The largest absolute Gasteiger partial charge is 0.368 e. The first-order valence-electron chi connectivity index (χ1n) is 6.60. The summed E-state index contributed by atoms with van der Waals surface area (Å²) in [5.41, 5.74) is 1.12. The average Bonchev–Trinajstić information content (AvgIpc) is 2.87. The summed E-state index contributed by atoms with van der Waals surface area (Å²) in [6, 6.07) is 0.396. The number of thioether (sulfide) groups is 1. The van der Waals surface area contributed by atoms with Gasteiger partial charge in [0, 0.05) is 13.1 Å². The molecular weight excluding hydrogens is 248 g/mol. The van der Waals surface area contributed by atoms with E-state index >= 15 is 0 Å². The molecule has 2 atom stereocenters. The van der Waals surface area contributed by atoms with Crippen molar-refractivity contribution in [3.05, 3.63) is 11.9 Å². The fourth-order valence-electron chi connectivity index (χ4n) is 2.89. The van der Waals surface area contributed by atoms with Gasteiger partial charge in [0.2, 0.25) is 0 Å². The molecule has 0 saturated carbocycles. The number of nitrogens with zero attached hydrogens (tertiary/aromatic N) is 4. The number of aromatic nitrogens is 3. The van der Waals surface area contributed by atoms with E-state index in [0.717, 1.165) is 25.2 Å². The van der Waals surface area contributed by atoms with Crippen molar-refractivity contribution in [2.45, 2.75) is 31.6 Å². The van der Waals surface area contributed by atoms with Crippen LogP contribution in [0.4, 0.5) is 0 Å². The lowest BCUT2D eigenvalue weighted by Gasteiger charge is -2.41. The molecule has 0 aromatic carbocycles. The monoisotopic (exact) mass is 268 g/mol. The summed E-state index contributed by atoms with van der Waals surface area (Å²) in [4.78, 5) is 2.53. The van der Waals surface area contributed by atoms with Crippen LogP contribution in [0, 0.1) is 0 Å². The van der Waals surface area contributed by atoms with Crippen LogP contribution >= 0.6 is 11.8 Å². The molecule has 0 bridgehead atoms. The molecule has 3 rings (SSSR count). The third kappa shape index (κ3) is 2.41. The first-order chi connectivity index (χ1) is 8.88. The molecule has 0 amide bonds. The van der Waals surface area contributed by atoms with Gasteiger partial charge in [0.25, 0.3) is 0 Å². The van der Waals surface area contributed by atoms with Crippen molar-refractivity contribution >= 4 is 11.8 Å². The molecule has 5 nitrogen and oxygen atoms in total. The van der Waals surface area contributed by atoms with E-state index in [1.165, 1.54) is 18.7 Å². The number of fused-ring (bicyclic) bond motifs is 3. The van der Waals surface area contributed by atoms with E-state index in [1.807, 2.05) is 18.0 Å². The molecule has 0 unspecified atom stereocenters. The Balaban J connectivity index is 1.59. The lowest BCUT2D eigenvalue weighted by Crippen LogP contribution is -2.48. The molecule has 100 valence electrons. The highest BCUT2D eigenvalue weighted by Gasteiger charge is 2.35. The minimum absolute atomic E-state index is 0.294. The van der Waals surface area contributed by atoms with Crippen molar-refractivity contribution < 1.29 is 4.74 Å². The van der Waals surface area contributed by atoms with Crippen molar-refractivity contribution in [3.8, 4) is 0 Å². The fourth-order valence-corrected chi connectivity index (χ4v) is 3.30. The molecule has 3 heterocycles. The lowest BCUT2D eigenvalue weighted by atomic mass is 10.00. The van der Waals surface area contributed by atoms with E-state index in [2.05, 4.69) is 26.1 Å². The molecule has 0 aliphatic carbocycles. The van der Waals surface area contributed by atoms with Crippen LogP contribution in [0.1, 0.15) is 24.6 Å². The van der Waals surface area contributed by atoms with Gasteiger partial charge in [0.1, 0.15) is 0 Å². The molecule has 0 spiro atoms. The van der Waals surface area contributed by atoms with Gasteiger partial charge in [0.15, 0.2) is 0 Å². The average molecular weight is 268 g/mol. The van der Waals surface area contributed by atoms with Gasteiger partial charge in [-0.15, -0.1) is 5.10 Å². The molecule has 18 heavy (non-hydrogen) atoms. The Morgan fingerprint density at radius 3 is 3.39 bits per heavy atom. The first kappa shape index (κ1) is 12.4. The number of hydrogen-bond acceptors (Lipinski definition) is 5. The number of ether oxygens (including phenoxy) is 1. The van der Waals surface area contributed by atoms with Crippen LogP contribution in [0.3, 0.4) is 0 Å². The summed E-state index contributed by atoms with van der Waals surface area (Å²) in [5.74, 6) is 1.25. The second-order valence-electron chi connectivity index (χ2n) is 5.02. The lowest BCUT2D eigenvalue weighted by molar-refractivity contribution is -0.0686. The van der Waals surface area contributed by atoms with E-state index in [9.17, 15) is 0 Å². The molecule has 2 aliphatic rings. The highest BCUT2D eigenvalue weighted by molar-refractivity contribution is 7.98. The standard InChI is InChI=1S/C12H20N4OS/c1-18-6-2-4-15-5-3-11-12(8-15)17-9-10-7-13-14-16(10)11/h7,11-12H,2-6,8-9H2,1H3/t11-,12-/m0/s1. The highest BCUT2D eigenvalue weighted by atomic mass is 32.2. The molecule has 1 saturated heterocycles. The van der Waals surface area contributed by atoms with Gasteiger partial charge in [-0.25, -0.2) is 4.68 Å². The fraction of sp³-hybridized carbons (Fsp3) is 0.833. The number of rotatable bonds is 4. The van der Waals surface area contributed by atoms with Crippen molar-refractivity contribution in [2.24, 2.45) is 0 Å². The maximum Gasteiger partial charge on any atom is 0.0932 e. The summed E-state index contributed by atoms with van der Waals surface area (Å²) < 4.78 is 8.03. The zero-order valence-corrected chi connectivity index (χ0v) is 11.6. The number of piperidine rings is 1. The summed E-state index contributed by atoms with van der Waals surface area (Å²) in [6.45, 7) is 4.04. The second-order valence-corrected chi connectivity index (χ2v) is 6.01. The van der Waals surface area contributed by atoms with Gasteiger partial charge in [-0.2, -0.15) is 11.8 Å². The van der Waals surface area contributed by atoms with Crippen LogP contribution in [0.15, 0.2) is 6.20 Å². The topological polar surface area (TPSA) is 43.2 Å². The summed E-state index contributed by atoms with van der Waals surface area (Å²) >= 11 is 1.92. The van der Waals surface area contributed by atoms with Gasteiger partial charge in [-0.05, 0) is 31.4 Å². The minimum atomic E-state index is 0.294. The van der Waals surface area contributed by atoms with Crippen molar-refractivity contribution in [1.29, 1.82) is 0 Å². The summed E-state index contributed by atoms with van der Waals surface area (Å²) in [7, 11) is 0. The Morgan fingerprint density at radius 1 is 1.56 bits per heavy atom. The van der Waals surface area contributed by atoms with Crippen LogP contribution in [-0.2, 0) is 11.3 Å². The van der Waals surface area contributed by atoms with Gasteiger partial charge < -0.3 is 9.64 Å². The first-order valence-corrected chi connectivity index (χ1v) is 8.00. The van der Waals surface area contributed by atoms with Gasteiger partial charge in [-0.1, -0.05) is 5.21 Å². The van der Waals surface area contributed by atoms with Gasteiger partial charge >= 0.3 is 0 Å². The van der Waals surface area contributed by atoms with E-state index < -0.39 is 0 Å². The van der Waals surface area contributed by atoms with Crippen LogP contribution in [0.5, 0.6) is 0 Å². The second kappa shape index (κ2) is 5.59. The Kier molecular flexibility index (Phi) is 3.86. The minimum Gasteiger partial charge on any atom is -0.368 e. The maximum atomic E-state index is 5.96. The Hall–Kier alpha value is -0.590. The summed E-state index contributed by atoms with van der Waals surface area (Å²) in [6.07, 6.45) is 6.68. The predicted octanol–water partition coefficient (Wildman–Crippen LogP) is 1.18. The van der Waals surface area contributed by atoms with Crippen molar-refractivity contribution in [1.82, 2.24) is 19.9 Å². The maximum absolute atomic E-state index is 5.96. The van der Waals surface area contributed by atoms with Crippen LogP contribution in [0.2, 0.25) is 0 Å². The molecular formula is C12H20N4OS. The Bertz CT molecular complexity index is 397. The van der Waals surface area contributed by atoms with E-state index in [0.29, 0.717) is 18.8 Å². The summed E-state index contributed by atoms with van der Waals surface area (Å²) in [5, 5.41) is 8.20. The third-order valence-electron chi connectivity index (χ3n) is 3.84. The molecule has 1 fully saturated rings. The van der Waals surface area contributed by atoms with Crippen molar-refractivity contribution in [3.63, 3.8) is 0 Å². The normalized spacial score (nSPS) is 27.8. The van der Waals surface area contributed by atoms with Crippen molar-refractivity contribution in [2.75, 3.05) is 31.6 Å². The zero-order chi connectivity index (χ0) is 12.4. The number of likely N-dealkylation sites (tertiary alicyclic amines) is 1.